The quantitative estimate of drug-likeness (QED) is 0.660. The lowest BCUT2D eigenvalue weighted by Crippen LogP contribution is -2.14. The minimum atomic E-state index is -0.630. The molecule has 0 saturated heterocycles. The maximum atomic E-state index is 11.5. The van der Waals surface area contributed by atoms with Gasteiger partial charge in [0.2, 0.25) is 5.82 Å². The van der Waals surface area contributed by atoms with Crippen LogP contribution in [0.15, 0.2) is 29.1 Å². The number of anilines is 2. The minimum Gasteiger partial charge on any atom is -0.474 e. The van der Waals surface area contributed by atoms with Gasteiger partial charge in [-0.1, -0.05) is 29.9 Å². The Labute approximate surface area is 125 Å². The number of aryl methyl sites for hydroxylation is 1. The molecule has 1 aromatic heterocycles. The summed E-state index contributed by atoms with van der Waals surface area (Å²) in [5, 5.41) is 17.1. The Balaban J connectivity index is 2.58. The number of benzene rings is 1. The average molecular weight is 306 g/mol. The Hall–Kier alpha value is -2.32. The SMILES string of the molecule is CCOc1n[nH]c(=O)c(=S)nc1N(O)c1ccc(C)cc1. The van der Waals surface area contributed by atoms with Gasteiger partial charge in [-0.05, 0) is 26.0 Å². The summed E-state index contributed by atoms with van der Waals surface area (Å²) in [5.41, 5.74) is 0.861. The summed E-state index contributed by atoms with van der Waals surface area (Å²) in [7, 11) is 0. The van der Waals surface area contributed by atoms with Gasteiger partial charge in [-0.2, -0.15) is 0 Å². The molecular formula is C13H14N4O3S. The van der Waals surface area contributed by atoms with E-state index >= 15 is 0 Å². The van der Waals surface area contributed by atoms with Crippen LogP contribution in [0.5, 0.6) is 5.88 Å². The Kier molecular flexibility index (Phi) is 4.61. The molecule has 0 amide bonds. The van der Waals surface area contributed by atoms with E-state index in [0.717, 1.165) is 10.6 Å². The number of hydrogen-bond donors (Lipinski definition) is 2. The van der Waals surface area contributed by atoms with Gasteiger partial charge in [0, 0.05) is 0 Å². The summed E-state index contributed by atoms with van der Waals surface area (Å²) in [6.07, 6.45) is 0. The molecule has 0 fully saturated rings. The molecule has 0 unspecified atom stereocenters. The van der Waals surface area contributed by atoms with Crippen molar-refractivity contribution in [3.63, 3.8) is 0 Å². The second kappa shape index (κ2) is 6.42. The van der Waals surface area contributed by atoms with Crippen molar-refractivity contribution in [2.45, 2.75) is 13.8 Å². The van der Waals surface area contributed by atoms with Crippen LogP contribution in [0, 0.1) is 11.6 Å². The first kappa shape index (κ1) is 15.1. The highest BCUT2D eigenvalue weighted by Crippen LogP contribution is 2.27. The van der Waals surface area contributed by atoms with E-state index in [0.29, 0.717) is 12.3 Å². The predicted octanol–water partition coefficient (Wildman–Crippen LogP) is 2.13. The zero-order valence-corrected chi connectivity index (χ0v) is 12.3. The maximum Gasteiger partial charge on any atom is 0.301 e. The molecule has 0 spiro atoms. The van der Waals surface area contributed by atoms with Gasteiger partial charge >= 0.3 is 5.56 Å². The van der Waals surface area contributed by atoms with Crippen LogP contribution in [-0.4, -0.2) is 27.0 Å². The molecule has 1 heterocycles. The first-order valence-corrected chi connectivity index (χ1v) is 6.63. The minimum absolute atomic E-state index is 0.0197. The van der Waals surface area contributed by atoms with Crippen LogP contribution < -0.4 is 15.4 Å². The predicted molar refractivity (Wildman–Crippen MR) is 79.8 cm³/mol. The summed E-state index contributed by atoms with van der Waals surface area (Å²) >= 11 is 4.85. The number of aromatic nitrogens is 3. The van der Waals surface area contributed by atoms with E-state index in [1.165, 1.54) is 0 Å². The van der Waals surface area contributed by atoms with Crippen molar-refractivity contribution in [2.75, 3.05) is 11.7 Å². The highest BCUT2D eigenvalue weighted by atomic mass is 32.1. The first-order valence-electron chi connectivity index (χ1n) is 6.22. The second-order valence-electron chi connectivity index (χ2n) is 4.18. The molecule has 0 atom stereocenters. The van der Waals surface area contributed by atoms with Crippen LogP contribution in [0.2, 0.25) is 0 Å². The normalized spacial score (nSPS) is 10.2. The van der Waals surface area contributed by atoms with Crippen LogP contribution in [0.4, 0.5) is 11.5 Å². The summed E-state index contributed by atoms with van der Waals surface area (Å²) < 4.78 is 5.04. The lowest BCUT2D eigenvalue weighted by Gasteiger charge is -2.16. The lowest BCUT2D eigenvalue weighted by molar-refractivity contribution is 0.279. The molecule has 0 saturated carbocycles. The molecule has 2 rings (SSSR count). The van der Waals surface area contributed by atoms with E-state index < -0.39 is 5.56 Å². The fraction of sp³-hybridized carbons (Fsp3) is 0.231. The van der Waals surface area contributed by atoms with E-state index in [2.05, 4.69) is 15.2 Å². The lowest BCUT2D eigenvalue weighted by atomic mass is 10.2. The highest BCUT2D eigenvalue weighted by molar-refractivity contribution is 7.71. The van der Waals surface area contributed by atoms with Gasteiger partial charge in [0.05, 0.1) is 12.3 Å². The average Bonchev–Trinajstić information content (AvgIpc) is 2.61. The van der Waals surface area contributed by atoms with Crippen LogP contribution in [0.1, 0.15) is 12.5 Å². The molecule has 0 aliphatic rings. The number of nitrogens with zero attached hydrogens (tertiary/aromatic N) is 3. The van der Waals surface area contributed by atoms with E-state index in [4.69, 9.17) is 17.0 Å². The molecule has 0 bridgehead atoms. The Morgan fingerprint density at radius 1 is 1.38 bits per heavy atom. The number of H-pyrrole nitrogens is 1. The van der Waals surface area contributed by atoms with Crippen molar-refractivity contribution >= 4 is 23.7 Å². The third-order valence-electron chi connectivity index (χ3n) is 2.61. The van der Waals surface area contributed by atoms with Gasteiger partial charge in [0.25, 0.3) is 5.88 Å². The highest BCUT2D eigenvalue weighted by Gasteiger charge is 2.16. The van der Waals surface area contributed by atoms with E-state index in [-0.39, 0.29) is 16.3 Å². The molecule has 2 N–H and O–H groups in total. The third-order valence-corrected chi connectivity index (χ3v) is 2.89. The Bertz CT molecular complexity index is 746. The van der Waals surface area contributed by atoms with Gasteiger partial charge in [-0.3, -0.25) is 10.0 Å². The van der Waals surface area contributed by atoms with Gasteiger partial charge < -0.3 is 4.74 Å². The standard InChI is InChI=1S/C13H14N4O3S/c1-3-20-12-10(14-13(21)11(18)15-16-12)17(19)9-6-4-8(2)5-7-9/h4-7,19H,3H2,1-2H3,(H,14,15,18,21). The van der Waals surface area contributed by atoms with E-state index in [9.17, 15) is 10.0 Å². The fourth-order valence-corrected chi connectivity index (χ4v) is 1.71. The first-order chi connectivity index (χ1) is 10.0. The zero-order chi connectivity index (χ0) is 15.4. The topological polar surface area (TPSA) is 91.3 Å². The van der Waals surface area contributed by atoms with Gasteiger partial charge in [0.1, 0.15) is 0 Å². The Morgan fingerprint density at radius 2 is 2.05 bits per heavy atom. The van der Waals surface area contributed by atoms with E-state index in [1.54, 1.807) is 19.1 Å². The largest absolute Gasteiger partial charge is 0.474 e. The third kappa shape index (κ3) is 3.41. The number of nitrogens with one attached hydrogen (secondary N) is 1. The smallest absolute Gasteiger partial charge is 0.301 e. The van der Waals surface area contributed by atoms with Crippen molar-refractivity contribution < 1.29 is 9.94 Å². The number of aromatic amines is 1. The second-order valence-corrected chi connectivity index (χ2v) is 4.57. The molecule has 0 aliphatic carbocycles. The van der Waals surface area contributed by atoms with Gasteiger partial charge in [-0.15, -0.1) is 5.10 Å². The van der Waals surface area contributed by atoms with E-state index in [1.807, 2.05) is 19.1 Å². The summed E-state index contributed by atoms with van der Waals surface area (Å²) in [6.45, 7) is 3.97. The van der Waals surface area contributed by atoms with Crippen LogP contribution in [0.3, 0.4) is 0 Å². The van der Waals surface area contributed by atoms with Crippen molar-refractivity contribution in [1.29, 1.82) is 0 Å². The molecule has 0 aliphatic heterocycles. The molecule has 7 nitrogen and oxygen atoms in total. The van der Waals surface area contributed by atoms with Gasteiger partial charge in [0.15, 0.2) is 4.64 Å². The summed E-state index contributed by atoms with van der Waals surface area (Å²) in [4.78, 5) is 15.4. The molecule has 21 heavy (non-hydrogen) atoms. The van der Waals surface area contributed by atoms with Crippen LogP contribution in [0.25, 0.3) is 0 Å². The molecular weight excluding hydrogens is 292 g/mol. The Morgan fingerprint density at radius 3 is 2.67 bits per heavy atom. The number of ether oxygens (including phenoxy) is 1. The summed E-state index contributed by atoms with van der Waals surface area (Å²) in [5.74, 6) is -0.0715. The molecule has 110 valence electrons. The van der Waals surface area contributed by atoms with Crippen LogP contribution >= 0.6 is 12.2 Å². The molecule has 0 radical (unpaired) electrons. The van der Waals surface area contributed by atoms with Gasteiger partial charge in [-0.25, -0.2) is 15.1 Å². The molecule has 2 aromatic rings. The van der Waals surface area contributed by atoms with Crippen molar-refractivity contribution in [1.82, 2.24) is 15.2 Å². The van der Waals surface area contributed by atoms with Crippen LogP contribution in [-0.2, 0) is 0 Å². The fourth-order valence-electron chi connectivity index (χ4n) is 1.57. The number of hydrogen-bond acceptors (Lipinski definition) is 7. The molecule has 1 aromatic carbocycles. The number of rotatable bonds is 4. The monoisotopic (exact) mass is 306 g/mol. The summed E-state index contributed by atoms with van der Waals surface area (Å²) in [6, 6.07) is 7.05. The maximum absolute atomic E-state index is 11.5. The van der Waals surface area contributed by atoms with Crippen molar-refractivity contribution in [3.8, 4) is 5.88 Å². The van der Waals surface area contributed by atoms with Crippen molar-refractivity contribution in [2.24, 2.45) is 0 Å². The zero-order valence-electron chi connectivity index (χ0n) is 11.5. The van der Waals surface area contributed by atoms with Crippen molar-refractivity contribution in [3.05, 3.63) is 44.8 Å². The molecule has 8 heteroatoms.